The minimum atomic E-state index is -0.634. The van der Waals surface area contributed by atoms with Gasteiger partial charge in [0.05, 0.1) is 5.69 Å². The van der Waals surface area contributed by atoms with Crippen LogP contribution in [0.3, 0.4) is 0 Å². The van der Waals surface area contributed by atoms with Gasteiger partial charge in [0, 0.05) is 44.8 Å². The van der Waals surface area contributed by atoms with Crippen molar-refractivity contribution in [3.8, 4) is 67.7 Å². The molecule has 1 fully saturated rings. The van der Waals surface area contributed by atoms with E-state index < -0.39 is 6.67 Å². The molecule has 11 rings (SSSR count). The molecule has 2 bridgehead atoms. The van der Waals surface area contributed by atoms with Crippen molar-refractivity contribution in [1.29, 1.82) is 0 Å². The Morgan fingerprint density at radius 1 is 0.527 bits per heavy atom. The highest BCUT2D eigenvalue weighted by Gasteiger charge is 2.38. The van der Waals surface area contributed by atoms with Crippen LogP contribution >= 0.6 is 0 Å². The van der Waals surface area contributed by atoms with E-state index in [1.54, 1.807) is 0 Å². The number of alkyl halides is 1. The maximum absolute atomic E-state index is 15.0. The molecule has 1 saturated carbocycles. The average Bonchev–Trinajstić information content (AvgIpc) is 3.96. The SMILES string of the molecule is CC1(C)c2ccccc2-c2ccc(-c3nc(-c4cnc(-c5ccc6c(c5)C5CCC6C5)c(CF)c4)nc(-c4ccc5c(c4)C(C)(C)c4ccccc4-5)n3)cc21. The van der Waals surface area contributed by atoms with Crippen molar-refractivity contribution in [3.05, 3.63) is 154 Å². The van der Waals surface area contributed by atoms with Crippen molar-refractivity contribution in [2.75, 3.05) is 0 Å². The number of hydrogen-bond donors (Lipinski definition) is 0. The first-order valence-corrected chi connectivity index (χ1v) is 19.6. The van der Waals surface area contributed by atoms with Gasteiger partial charge < -0.3 is 0 Å². The van der Waals surface area contributed by atoms with E-state index in [2.05, 4.69) is 131 Å². The van der Waals surface area contributed by atoms with Crippen LogP contribution in [0.5, 0.6) is 0 Å². The van der Waals surface area contributed by atoms with Gasteiger partial charge in [0.25, 0.3) is 0 Å². The zero-order valence-electron chi connectivity index (χ0n) is 31.6. The lowest BCUT2D eigenvalue weighted by molar-refractivity contribution is 0.485. The minimum Gasteiger partial charge on any atom is -0.255 e. The van der Waals surface area contributed by atoms with Gasteiger partial charge in [-0.1, -0.05) is 113 Å². The average molecular weight is 717 g/mol. The Labute approximate surface area is 321 Å². The number of fused-ring (bicyclic) bond motifs is 11. The fourth-order valence-electron chi connectivity index (χ4n) is 10.4. The van der Waals surface area contributed by atoms with E-state index in [1.807, 2.05) is 12.3 Å². The van der Waals surface area contributed by atoms with Crippen molar-refractivity contribution in [2.45, 2.75) is 76.3 Å². The number of aromatic nitrogens is 4. The normalized spacial score (nSPS) is 18.8. The van der Waals surface area contributed by atoms with Crippen molar-refractivity contribution in [3.63, 3.8) is 0 Å². The Hall–Kier alpha value is -5.81. The van der Waals surface area contributed by atoms with Crippen LogP contribution in [0.25, 0.3) is 67.7 Å². The second kappa shape index (κ2) is 11.6. The smallest absolute Gasteiger partial charge is 0.165 e. The van der Waals surface area contributed by atoms with E-state index in [9.17, 15) is 0 Å². The lowest BCUT2D eigenvalue weighted by Crippen LogP contribution is -2.15. The second-order valence-electron chi connectivity index (χ2n) is 17.1. The molecule has 2 heterocycles. The highest BCUT2D eigenvalue weighted by atomic mass is 19.1. The summed E-state index contributed by atoms with van der Waals surface area (Å²) in [6, 6.07) is 39.0. The Bertz CT molecular complexity index is 2640. The van der Waals surface area contributed by atoms with Crippen LogP contribution in [0.1, 0.15) is 97.7 Å². The fraction of sp³-hybridized carbons (Fsp3) is 0.240. The first-order chi connectivity index (χ1) is 26.7. The minimum absolute atomic E-state index is 0.173. The molecule has 0 aliphatic heterocycles. The molecular formula is C50H41FN4. The number of hydrogen-bond acceptors (Lipinski definition) is 4. The van der Waals surface area contributed by atoms with Gasteiger partial charge in [-0.2, -0.15) is 0 Å². The van der Waals surface area contributed by atoms with Gasteiger partial charge in [0.2, 0.25) is 0 Å². The van der Waals surface area contributed by atoms with Crippen molar-refractivity contribution < 1.29 is 4.39 Å². The molecule has 4 aliphatic rings. The van der Waals surface area contributed by atoms with E-state index >= 15 is 4.39 Å². The molecule has 4 nitrogen and oxygen atoms in total. The first kappa shape index (κ1) is 32.6. The van der Waals surface area contributed by atoms with E-state index in [0.29, 0.717) is 46.1 Å². The predicted molar refractivity (Wildman–Crippen MR) is 219 cm³/mol. The topological polar surface area (TPSA) is 51.6 Å². The van der Waals surface area contributed by atoms with Gasteiger partial charge >= 0.3 is 0 Å². The summed E-state index contributed by atoms with van der Waals surface area (Å²) < 4.78 is 15.0. The van der Waals surface area contributed by atoms with Crippen LogP contribution < -0.4 is 0 Å². The molecule has 0 saturated heterocycles. The Kier molecular flexibility index (Phi) is 6.88. The molecular weight excluding hydrogens is 676 g/mol. The van der Waals surface area contributed by atoms with Gasteiger partial charge in [-0.25, -0.2) is 19.3 Å². The Morgan fingerprint density at radius 3 is 1.62 bits per heavy atom. The van der Waals surface area contributed by atoms with Crippen molar-refractivity contribution in [1.82, 2.24) is 19.9 Å². The lowest BCUT2D eigenvalue weighted by Gasteiger charge is -2.22. The molecule has 55 heavy (non-hydrogen) atoms. The summed E-state index contributed by atoms with van der Waals surface area (Å²) in [5, 5.41) is 0. The highest BCUT2D eigenvalue weighted by molar-refractivity contribution is 5.85. The Balaban J connectivity index is 1.06. The number of pyridine rings is 1. The molecule has 2 unspecified atom stereocenters. The fourth-order valence-corrected chi connectivity index (χ4v) is 10.4. The van der Waals surface area contributed by atoms with E-state index in [4.69, 9.17) is 19.9 Å². The van der Waals surface area contributed by atoms with Gasteiger partial charge in [-0.05, 0) is 111 Å². The number of benzene rings is 5. The third kappa shape index (κ3) is 4.75. The standard InChI is InChI=1S/C50H41FN4/c1-49(2)41-11-7-5-9-36(41)38-19-16-31(24-43(38)49)46-53-47(32-17-20-39-37-10-6-8-12-42(37)50(3,4)44(39)25-32)55-48(54-46)34-22-33(26-51)45(52-27-34)30-15-18-35-28-13-14-29(21-28)40(35)23-30/h5-12,15-20,22-25,27-29H,13-14,21,26H2,1-4H3. The van der Waals surface area contributed by atoms with Crippen LogP contribution in [-0.4, -0.2) is 19.9 Å². The molecule has 5 heteroatoms. The lowest BCUT2D eigenvalue weighted by atomic mass is 9.82. The van der Waals surface area contributed by atoms with Gasteiger partial charge in [0.1, 0.15) is 6.67 Å². The molecule has 2 atom stereocenters. The first-order valence-electron chi connectivity index (χ1n) is 19.6. The van der Waals surface area contributed by atoms with Gasteiger partial charge in [-0.15, -0.1) is 0 Å². The van der Waals surface area contributed by atoms with Gasteiger partial charge in [-0.3, -0.25) is 4.98 Å². The van der Waals surface area contributed by atoms with E-state index in [0.717, 1.165) is 16.7 Å². The summed E-state index contributed by atoms with van der Waals surface area (Å²) in [5.74, 6) is 2.94. The van der Waals surface area contributed by atoms with Crippen LogP contribution in [0.4, 0.5) is 4.39 Å². The zero-order chi connectivity index (χ0) is 37.2. The molecule has 7 aromatic rings. The quantitative estimate of drug-likeness (QED) is 0.178. The number of halogens is 1. The molecule has 0 amide bonds. The zero-order valence-corrected chi connectivity index (χ0v) is 31.6. The number of rotatable bonds is 5. The predicted octanol–water partition coefficient (Wildman–Crippen LogP) is 12.4. The molecule has 0 N–H and O–H groups in total. The van der Waals surface area contributed by atoms with Crippen molar-refractivity contribution >= 4 is 0 Å². The maximum atomic E-state index is 15.0. The summed E-state index contributed by atoms with van der Waals surface area (Å²) in [4.78, 5) is 20.4. The van der Waals surface area contributed by atoms with Crippen LogP contribution in [-0.2, 0) is 17.5 Å². The molecule has 4 aliphatic carbocycles. The summed E-state index contributed by atoms with van der Waals surface area (Å²) in [6.45, 7) is 8.51. The molecule has 5 aromatic carbocycles. The van der Waals surface area contributed by atoms with E-state index in [-0.39, 0.29) is 10.8 Å². The second-order valence-corrected chi connectivity index (χ2v) is 17.1. The van der Waals surface area contributed by atoms with Gasteiger partial charge in [0.15, 0.2) is 17.5 Å². The highest BCUT2D eigenvalue weighted by Crippen LogP contribution is 2.54. The maximum Gasteiger partial charge on any atom is 0.165 e. The monoisotopic (exact) mass is 716 g/mol. The van der Waals surface area contributed by atoms with E-state index in [1.165, 1.54) is 74.9 Å². The van der Waals surface area contributed by atoms with Crippen LogP contribution in [0, 0.1) is 0 Å². The van der Waals surface area contributed by atoms with Crippen LogP contribution in [0.15, 0.2) is 115 Å². The van der Waals surface area contributed by atoms with Crippen molar-refractivity contribution in [2.24, 2.45) is 0 Å². The Morgan fingerprint density at radius 2 is 1.04 bits per heavy atom. The summed E-state index contributed by atoms with van der Waals surface area (Å²) in [5.41, 5.74) is 17.4. The molecule has 2 aromatic heterocycles. The summed E-state index contributed by atoms with van der Waals surface area (Å²) in [7, 11) is 0. The third-order valence-corrected chi connectivity index (χ3v) is 13.4. The van der Waals surface area contributed by atoms with Crippen LogP contribution in [0.2, 0.25) is 0 Å². The largest absolute Gasteiger partial charge is 0.255 e. The molecule has 0 radical (unpaired) electrons. The summed E-state index contributed by atoms with van der Waals surface area (Å²) in [6.07, 6.45) is 5.58. The summed E-state index contributed by atoms with van der Waals surface area (Å²) >= 11 is 0. The molecule has 268 valence electrons. The number of nitrogens with zero attached hydrogens (tertiary/aromatic N) is 4. The molecule has 0 spiro atoms. The third-order valence-electron chi connectivity index (χ3n) is 13.4.